The summed E-state index contributed by atoms with van der Waals surface area (Å²) in [5.41, 5.74) is 3.29. The van der Waals surface area contributed by atoms with Crippen molar-refractivity contribution >= 4 is 29.1 Å². The molecule has 3 aromatic rings. The largest absolute Gasteiger partial charge is 0.326 e. The number of benzene rings is 2. The van der Waals surface area contributed by atoms with Crippen LogP contribution in [0, 0.1) is 6.92 Å². The van der Waals surface area contributed by atoms with Crippen molar-refractivity contribution < 1.29 is 9.59 Å². The molecule has 138 valence electrons. The van der Waals surface area contributed by atoms with Crippen molar-refractivity contribution in [3.05, 3.63) is 66.0 Å². The number of hydrogen-bond acceptors (Lipinski definition) is 5. The third-order valence-corrected chi connectivity index (χ3v) is 5.01. The van der Waals surface area contributed by atoms with E-state index < -0.39 is 0 Å². The van der Waals surface area contributed by atoms with Crippen molar-refractivity contribution in [3.63, 3.8) is 0 Å². The molecule has 1 unspecified atom stereocenters. The summed E-state index contributed by atoms with van der Waals surface area (Å²) >= 11 is 1.35. The highest BCUT2D eigenvalue weighted by atomic mass is 32.2. The fourth-order valence-corrected chi connectivity index (χ4v) is 3.50. The number of hydrogen-bond donors (Lipinski definition) is 1. The van der Waals surface area contributed by atoms with Crippen LogP contribution >= 0.6 is 11.8 Å². The molecule has 27 heavy (non-hydrogen) atoms. The molecule has 0 aliphatic carbocycles. The summed E-state index contributed by atoms with van der Waals surface area (Å²) < 4.78 is 1.80. The van der Waals surface area contributed by atoms with Crippen molar-refractivity contribution in [3.8, 4) is 5.69 Å². The fourth-order valence-electron chi connectivity index (χ4n) is 2.58. The number of nitrogens with one attached hydrogen (secondary N) is 1. The van der Waals surface area contributed by atoms with Crippen LogP contribution in [0.5, 0.6) is 0 Å². The van der Waals surface area contributed by atoms with Crippen LogP contribution in [0.2, 0.25) is 0 Å². The molecule has 1 heterocycles. The van der Waals surface area contributed by atoms with E-state index in [1.54, 1.807) is 10.9 Å². The minimum Gasteiger partial charge on any atom is -0.326 e. The average Bonchev–Trinajstić information content (AvgIpc) is 3.09. The van der Waals surface area contributed by atoms with Crippen LogP contribution < -0.4 is 5.32 Å². The van der Waals surface area contributed by atoms with E-state index in [0.717, 1.165) is 11.3 Å². The van der Waals surface area contributed by atoms with Gasteiger partial charge in [-0.2, -0.15) is 0 Å². The van der Waals surface area contributed by atoms with Crippen LogP contribution in [0.3, 0.4) is 0 Å². The summed E-state index contributed by atoms with van der Waals surface area (Å²) in [5, 5.41) is 11.2. The van der Waals surface area contributed by atoms with E-state index in [4.69, 9.17) is 0 Å². The third-order valence-electron chi connectivity index (χ3n) is 3.95. The highest BCUT2D eigenvalue weighted by molar-refractivity contribution is 8.00. The number of amides is 1. The summed E-state index contributed by atoms with van der Waals surface area (Å²) in [6, 6.07) is 14.9. The molecule has 0 aliphatic heterocycles. The predicted octanol–water partition coefficient (Wildman–Crippen LogP) is 3.90. The number of aryl methyl sites for hydroxylation is 1. The smallest absolute Gasteiger partial charge is 0.221 e. The van der Waals surface area contributed by atoms with E-state index in [1.165, 1.54) is 18.7 Å². The standard InChI is InChI=1S/C20H20N4O2S/c1-13-7-9-16(10-8-13)19(26)14(2)27-20-23-21-12-24(20)18-6-4-5-17(11-18)22-15(3)25/h4-12,14H,1-3H3,(H,22,25). The Morgan fingerprint density at radius 3 is 2.59 bits per heavy atom. The zero-order valence-electron chi connectivity index (χ0n) is 15.3. The van der Waals surface area contributed by atoms with Gasteiger partial charge in [-0.3, -0.25) is 14.2 Å². The van der Waals surface area contributed by atoms with E-state index in [2.05, 4.69) is 15.5 Å². The van der Waals surface area contributed by atoms with Crippen LogP contribution in [0.25, 0.3) is 5.69 Å². The molecule has 0 radical (unpaired) electrons. The molecule has 6 nitrogen and oxygen atoms in total. The molecule has 3 rings (SSSR count). The van der Waals surface area contributed by atoms with Gasteiger partial charge in [-0.05, 0) is 32.0 Å². The van der Waals surface area contributed by atoms with E-state index in [-0.39, 0.29) is 16.9 Å². The van der Waals surface area contributed by atoms with Gasteiger partial charge in [0, 0.05) is 18.2 Å². The first-order valence-corrected chi connectivity index (χ1v) is 9.37. The van der Waals surface area contributed by atoms with E-state index in [1.807, 2.05) is 62.4 Å². The second kappa shape index (κ2) is 8.18. The van der Waals surface area contributed by atoms with Gasteiger partial charge in [0.05, 0.1) is 10.9 Å². The maximum Gasteiger partial charge on any atom is 0.221 e. The minimum absolute atomic E-state index is 0.0431. The number of Topliss-reactive ketones (excluding diaryl/α,β-unsaturated/α-hetero) is 1. The van der Waals surface area contributed by atoms with Gasteiger partial charge in [-0.1, -0.05) is 47.7 Å². The number of anilines is 1. The number of rotatable bonds is 6. The SMILES string of the molecule is CC(=O)Nc1cccc(-n2cnnc2SC(C)C(=O)c2ccc(C)cc2)c1. The highest BCUT2D eigenvalue weighted by Gasteiger charge is 2.20. The lowest BCUT2D eigenvalue weighted by atomic mass is 10.1. The Bertz CT molecular complexity index is 966. The molecule has 0 saturated carbocycles. The normalized spacial score (nSPS) is 11.8. The van der Waals surface area contributed by atoms with Gasteiger partial charge >= 0.3 is 0 Å². The molecular weight excluding hydrogens is 360 g/mol. The van der Waals surface area contributed by atoms with Crippen molar-refractivity contribution in [1.82, 2.24) is 14.8 Å². The first kappa shape index (κ1) is 18.8. The first-order valence-electron chi connectivity index (χ1n) is 8.49. The van der Waals surface area contributed by atoms with Crippen molar-refractivity contribution in [2.75, 3.05) is 5.32 Å². The molecule has 2 aromatic carbocycles. The van der Waals surface area contributed by atoms with Gasteiger partial charge in [0.15, 0.2) is 10.9 Å². The Morgan fingerprint density at radius 1 is 1.15 bits per heavy atom. The van der Waals surface area contributed by atoms with Crippen LogP contribution in [0.15, 0.2) is 60.0 Å². The topological polar surface area (TPSA) is 76.9 Å². The van der Waals surface area contributed by atoms with Gasteiger partial charge in [0.1, 0.15) is 6.33 Å². The zero-order chi connectivity index (χ0) is 19.4. The van der Waals surface area contributed by atoms with Gasteiger partial charge in [-0.15, -0.1) is 10.2 Å². The van der Waals surface area contributed by atoms with Crippen LogP contribution in [-0.4, -0.2) is 31.7 Å². The van der Waals surface area contributed by atoms with E-state index in [9.17, 15) is 9.59 Å². The summed E-state index contributed by atoms with van der Waals surface area (Å²) in [4.78, 5) is 23.9. The van der Waals surface area contributed by atoms with Gasteiger partial charge in [0.25, 0.3) is 0 Å². The molecular formula is C20H20N4O2S. The Hall–Kier alpha value is -2.93. The molecule has 0 aliphatic rings. The Balaban J connectivity index is 1.80. The molecule has 1 N–H and O–H groups in total. The molecule has 7 heteroatoms. The molecule has 0 spiro atoms. The Labute approximate surface area is 162 Å². The molecule has 1 amide bonds. The summed E-state index contributed by atoms with van der Waals surface area (Å²) in [6.45, 7) is 5.31. The van der Waals surface area contributed by atoms with Gasteiger partial charge in [0.2, 0.25) is 5.91 Å². The summed E-state index contributed by atoms with van der Waals surface area (Å²) in [5.74, 6) is -0.0932. The predicted molar refractivity (Wildman–Crippen MR) is 106 cm³/mol. The van der Waals surface area contributed by atoms with Gasteiger partial charge < -0.3 is 5.32 Å². The zero-order valence-corrected chi connectivity index (χ0v) is 16.2. The minimum atomic E-state index is -0.311. The number of ketones is 1. The maximum absolute atomic E-state index is 12.7. The third kappa shape index (κ3) is 4.62. The molecule has 1 aromatic heterocycles. The number of thioether (sulfide) groups is 1. The number of nitrogens with zero attached hydrogens (tertiary/aromatic N) is 3. The second-order valence-corrected chi connectivity index (χ2v) is 7.51. The number of carbonyl (C=O) groups is 2. The lowest BCUT2D eigenvalue weighted by molar-refractivity contribution is -0.114. The lowest BCUT2D eigenvalue weighted by Crippen LogP contribution is -2.14. The molecule has 0 saturated heterocycles. The quantitative estimate of drug-likeness (QED) is 0.518. The Morgan fingerprint density at radius 2 is 1.89 bits per heavy atom. The average molecular weight is 380 g/mol. The fraction of sp³-hybridized carbons (Fsp3) is 0.200. The first-order chi connectivity index (χ1) is 12.9. The highest BCUT2D eigenvalue weighted by Crippen LogP contribution is 2.27. The van der Waals surface area contributed by atoms with Gasteiger partial charge in [-0.25, -0.2) is 0 Å². The number of aromatic nitrogens is 3. The second-order valence-electron chi connectivity index (χ2n) is 6.21. The monoisotopic (exact) mass is 380 g/mol. The molecule has 0 bridgehead atoms. The van der Waals surface area contributed by atoms with Crippen molar-refractivity contribution in [2.45, 2.75) is 31.2 Å². The van der Waals surface area contributed by atoms with Crippen molar-refractivity contribution in [1.29, 1.82) is 0 Å². The van der Waals surface area contributed by atoms with Crippen LogP contribution in [0.4, 0.5) is 5.69 Å². The van der Waals surface area contributed by atoms with Crippen molar-refractivity contribution in [2.24, 2.45) is 0 Å². The number of carbonyl (C=O) groups excluding carboxylic acids is 2. The molecule has 1 atom stereocenters. The Kier molecular flexibility index (Phi) is 5.71. The molecule has 0 fully saturated rings. The van der Waals surface area contributed by atoms with Crippen LogP contribution in [-0.2, 0) is 4.79 Å². The van der Waals surface area contributed by atoms with E-state index in [0.29, 0.717) is 16.4 Å². The maximum atomic E-state index is 12.7. The summed E-state index contributed by atoms with van der Waals surface area (Å²) in [7, 11) is 0. The van der Waals surface area contributed by atoms with E-state index >= 15 is 0 Å². The lowest BCUT2D eigenvalue weighted by Gasteiger charge is -2.12. The summed E-state index contributed by atoms with van der Waals surface area (Å²) in [6.07, 6.45) is 1.60. The van der Waals surface area contributed by atoms with Crippen LogP contribution in [0.1, 0.15) is 29.8 Å².